The molecule has 0 aromatic heterocycles. The van der Waals surface area contributed by atoms with Crippen molar-refractivity contribution in [3.63, 3.8) is 0 Å². The minimum Gasteiger partial charge on any atom is -0.369 e. The quantitative estimate of drug-likeness (QED) is 0.870. The highest BCUT2D eigenvalue weighted by atomic mass is 35.5. The number of nitrogens with one attached hydrogen (secondary N) is 1. The Morgan fingerprint density at radius 2 is 2.10 bits per heavy atom. The van der Waals surface area contributed by atoms with Crippen LogP contribution in [-0.4, -0.2) is 19.1 Å². The Kier molecular flexibility index (Phi) is 5.34. The van der Waals surface area contributed by atoms with Crippen LogP contribution in [0.4, 0.5) is 5.69 Å². The van der Waals surface area contributed by atoms with E-state index >= 15 is 0 Å². The van der Waals surface area contributed by atoms with E-state index in [-0.39, 0.29) is 0 Å². The van der Waals surface area contributed by atoms with E-state index in [1.54, 1.807) is 0 Å². The Bertz CT molecular complexity index is 447. The molecule has 112 valence electrons. The summed E-state index contributed by atoms with van der Waals surface area (Å²) in [5.41, 5.74) is 2.46. The van der Waals surface area contributed by atoms with Crippen molar-refractivity contribution in [1.29, 1.82) is 0 Å². The number of benzene rings is 1. The molecule has 3 unspecified atom stereocenters. The number of hydrogen-bond acceptors (Lipinski definition) is 2. The molecular weight excluding hydrogens is 268 g/mol. The van der Waals surface area contributed by atoms with E-state index in [1.165, 1.54) is 24.1 Å². The van der Waals surface area contributed by atoms with Gasteiger partial charge in [0.2, 0.25) is 0 Å². The summed E-state index contributed by atoms with van der Waals surface area (Å²) in [5.74, 6) is 0.769. The fraction of sp³-hybridized carbons (Fsp3) is 0.647. The van der Waals surface area contributed by atoms with Gasteiger partial charge in [0, 0.05) is 29.3 Å². The van der Waals surface area contributed by atoms with Crippen molar-refractivity contribution >= 4 is 17.3 Å². The second-order valence-electron chi connectivity index (χ2n) is 6.17. The molecule has 1 saturated heterocycles. The maximum atomic E-state index is 6.50. The van der Waals surface area contributed by atoms with Crippen molar-refractivity contribution in [2.75, 3.05) is 18.0 Å². The van der Waals surface area contributed by atoms with Crippen LogP contribution in [0.5, 0.6) is 0 Å². The highest BCUT2D eigenvalue weighted by molar-refractivity contribution is 6.31. The van der Waals surface area contributed by atoms with E-state index < -0.39 is 0 Å². The van der Waals surface area contributed by atoms with Crippen LogP contribution in [0.3, 0.4) is 0 Å². The summed E-state index contributed by atoms with van der Waals surface area (Å²) in [5, 5.41) is 4.30. The van der Waals surface area contributed by atoms with Crippen molar-refractivity contribution in [1.82, 2.24) is 5.32 Å². The molecule has 2 nitrogen and oxygen atoms in total. The molecule has 2 rings (SSSR count). The third-order valence-electron chi connectivity index (χ3n) is 4.41. The lowest BCUT2D eigenvalue weighted by molar-refractivity contribution is 0.390. The number of piperidine rings is 1. The van der Waals surface area contributed by atoms with Gasteiger partial charge in [0.05, 0.1) is 0 Å². The monoisotopic (exact) mass is 294 g/mol. The molecule has 3 heteroatoms. The van der Waals surface area contributed by atoms with Crippen molar-refractivity contribution in [3.8, 4) is 0 Å². The first-order chi connectivity index (χ1) is 9.52. The van der Waals surface area contributed by atoms with E-state index in [9.17, 15) is 0 Å². The standard InChI is InChI=1S/C17H27ClN2/c1-5-19-14(4)16-9-8-15(10-17(16)18)20-11-12(2)6-7-13(20)3/h8-10,12-14,19H,5-7,11H2,1-4H3. The third kappa shape index (κ3) is 3.48. The first-order valence-electron chi connectivity index (χ1n) is 7.82. The van der Waals surface area contributed by atoms with Crippen LogP contribution in [0.2, 0.25) is 5.02 Å². The minimum atomic E-state index is 0.305. The average Bonchev–Trinajstić information content (AvgIpc) is 2.41. The summed E-state index contributed by atoms with van der Waals surface area (Å²) in [7, 11) is 0. The van der Waals surface area contributed by atoms with Crippen LogP contribution in [0.25, 0.3) is 0 Å². The fourth-order valence-electron chi connectivity index (χ4n) is 3.11. The van der Waals surface area contributed by atoms with Gasteiger partial charge in [0.1, 0.15) is 0 Å². The molecule has 1 fully saturated rings. The number of halogens is 1. The molecule has 1 aromatic rings. The second-order valence-corrected chi connectivity index (χ2v) is 6.58. The van der Waals surface area contributed by atoms with Gasteiger partial charge >= 0.3 is 0 Å². The van der Waals surface area contributed by atoms with E-state index in [4.69, 9.17) is 11.6 Å². The Balaban J connectivity index is 2.19. The molecule has 20 heavy (non-hydrogen) atoms. The van der Waals surface area contributed by atoms with Gasteiger partial charge in [-0.2, -0.15) is 0 Å². The number of anilines is 1. The molecule has 0 radical (unpaired) electrons. The Morgan fingerprint density at radius 3 is 2.75 bits per heavy atom. The van der Waals surface area contributed by atoms with E-state index in [1.807, 2.05) is 0 Å². The zero-order valence-corrected chi connectivity index (χ0v) is 13.9. The van der Waals surface area contributed by atoms with Crippen molar-refractivity contribution < 1.29 is 0 Å². The van der Waals surface area contributed by atoms with Gasteiger partial charge in [-0.05, 0) is 56.8 Å². The summed E-state index contributed by atoms with van der Waals surface area (Å²) >= 11 is 6.50. The van der Waals surface area contributed by atoms with Gasteiger partial charge in [-0.25, -0.2) is 0 Å². The number of hydrogen-bond donors (Lipinski definition) is 1. The zero-order chi connectivity index (χ0) is 14.7. The largest absolute Gasteiger partial charge is 0.369 e. The highest BCUT2D eigenvalue weighted by Gasteiger charge is 2.23. The molecule has 3 atom stereocenters. The van der Waals surface area contributed by atoms with Crippen LogP contribution >= 0.6 is 11.6 Å². The van der Waals surface area contributed by atoms with Crippen LogP contribution in [0.1, 0.15) is 52.1 Å². The molecule has 1 aromatic carbocycles. The summed E-state index contributed by atoms with van der Waals surface area (Å²) in [6.45, 7) is 11.0. The molecule has 1 aliphatic heterocycles. The van der Waals surface area contributed by atoms with Crippen LogP contribution in [0, 0.1) is 5.92 Å². The zero-order valence-electron chi connectivity index (χ0n) is 13.1. The Morgan fingerprint density at radius 1 is 1.35 bits per heavy atom. The SMILES string of the molecule is CCNC(C)c1ccc(N2CC(C)CCC2C)cc1Cl. The van der Waals surface area contributed by atoms with Gasteiger partial charge in [0.15, 0.2) is 0 Å². The molecule has 1 aliphatic rings. The highest BCUT2D eigenvalue weighted by Crippen LogP contribution is 2.32. The minimum absolute atomic E-state index is 0.305. The van der Waals surface area contributed by atoms with Gasteiger partial charge in [0.25, 0.3) is 0 Å². The maximum absolute atomic E-state index is 6.50. The Labute approximate surface area is 128 Å². The predicted octanol–water partition coefficient (Wildman–Crippen LogP) is 4.64. The van der Waals surface area contributed by atoms with E-state index in [0.29, 0.717) is 12.1 Å². The molecule has 0 bridgehead atoms. The summed E-state index contributed by atoms with van der Waals surface area (Å²) in [6, 6.07) is 7.46. The van der Waals surface area contributed by atoms with Crippen molar-refractivity contribution in [2.45, 2.75) is 52.6 Å². The molecule has 0 amide bonds. The van der Waals surface area contributed by atoms with Crippen LogP contribution in [-0.2, 0) is 0 Å². The molecule has 0 spiro atoms. The smallest absolute Gasteiger partial charge is 0.0474 e. The molecule has 1 N–H and O–H groups in total. The lowest BCUT2D eigenvalue weighted by Gasteiger charge is -2.39. The van der Waals surface area contributed by atoms with Gasteiger partial charge in [-0.15, -0.1) is 0 Å². The van der Waals surface area contributed by atoms with E-state index in [2.05, 4.69) is 56.1 Å². The summed E-state index contributed by atoms with van der Waals surface area (Å²) in [4.78, 5) is 2.50. The summed E-state index contributed by atoms with van der Waals surface area (Å²) in [6.07, 6.45) is 2.61. The molecular formula is C17H27ClN2. The molecule has 0 aliphatic carbocycles. The fourth-order valence-corrected chi connectivity index (χ4v) is 3.45. The first-order valence-corrected chi connectivity index (χ1v) is 8.20. The van der Waals surface area contributed by atoms with Gasteiger partial charge in [-0.3, -0.25) is 0 Å². The number of nitrogens with zero attached hydrogens (tertiary/aromatic N) is 1. The maximum Gasteiger partial charge on any atom is 0.0474 e. The number of rotatable bonds is 4. The van der Waals surface area contributed by atoms with Crippen molar-refractivity contribution in [3.05, 3.63) is 28.8 Å². The topological polar surface area (TPSA) is 15.3 Å². The normalized spacial score (nSPS) is 24.8. The van der Waals surface area contributed by atoms with E-state index in [0.717, 1.165) is 24.0 Å². The average molecular weight is 295 g/mol. The molecule has 1 heterocycles. The predicted molar refractivity (Wildman–Crippen MR) is 88.7 cm³/mol. The van der Waals surface area contributed by atoms with Crippen LogP contribution in [0.15, 0.2) is 18.2 Å². The third-order valence-corrected chi connectivity index (χ3v) is 4.74. The lowest BCUT2D eigenvalue weighted by atomic mass is 9.94. The van der Waals surface area contributed by atoms with Gasteiger partial charge in [-0.1, -0.05) is 31.5 Å². The molecule has 0 saturated carbocycles. The lowest BCUT2D eigenvalue weighted by Crippen LogP contribution is -2.41. The summed E-state index contributed by atoms with van der Waals surface area (Å²) < 4.78 is 0. The Hall–Kier alpha value is -0.730. The van der Waals surface area contributed by atoms with Crippen molar-refractivity contribution in [2.24, 2.45) is 5.92 Å². The second kappa shape index (κ2) is 6.82. The van der Waals surface area contributed by atoms with Gasteiger partial charge < -0.3 is 10.2 Å². The first kappa shape index (κ1) is 15.7. The van der Waals surface area contributed by atoms with Crippen LogP contribution < -0.4 is 10.2 Å².